The Morgan fingerprint density at radius 1 is 0.576 bits per heavy atom. The van der Waals surface area contributed by atoms with Crippen molar-refractivity contribution in [3.05, 3.63) is 178 Å². The lowest BCUT2D eigenvalue weighted by Gasteiger charge is -2.22. The van der Waals surface area contributed by atoms with Gasteiger partial charge in [0.2, 0.25) is 0 Å². The van der Waals surface area contributed by atoms with E-state index >= 15 is 0 Å². The topological polar surface area (TPSA) is 89.0 Å². The van der Waals surface area contributed by atoms with Gasteiger partial charge >= 0.3 is 5.97 Å². The van der Waals surface area contributed by atoms with Gasteiger partial charge in [0, 0.05) is 29.7 Å². The number of alkyl halides is 1. The summed E-state index contributed by atoms with van der Waals surface area (Å²) in [6.07, 6.45) is 16.9. The van der Waals surface area contributed by atoms with Crippen molar-refractivity contribution in [2.45, 2.75) is 121 Å². The van der Waals surface area contributed by atoms with E-state index in [1.807, 2.05) is 80.7 Å². The summed E-state index contributed by atoms with van der Waals surface area (Å²) in [7, 11) is 3.39. The molecular weight excluding hydrogens is 844 g/mol. The molecule has 9 heteroatoms. The van der Waals surface area contributed by atoms with Gasteiger partial charge < -0.3 is 23.7 Å². The molecule has 2 aromatic heterocycles. The lowest BCUT2D eigenvalue weighted by atomic mass is 9.86. The number of esters is 1. The summed E-state index contributed by atoms with van der Waals surface area (Å²) in [4.78, 5) is 19.8. The molecule has 0 bridgehead atoms. The van der Waals surface area contributed by atoms with Crippen molar-refractivity contribution in [3.63, 3.8) is 0 Å². The smallest absolute Gasteiger partial charge is 0.310 e. The third kappa shape index (κ3) is 14.8. The van der Waals surface area contributed by atoms with E-state index in [9.17, 15) is 4.79 Å². The molecular formula is C57H67ClN2O6. The molecule has 0 aliphatic heterocycles. The first-order valence-electron chi connectivity index (χ1n) is 23.8. The largest absolute Gasteiger partial charge is 0.493 e. The molecule has 0 amide bonds. The van der Waals surface area contributed by atoms with Crippen molar-refractivity contribution in [1.82, 2.24) is 9.97 Å². The second-order valence-corrected chi connectivity index (χ2v) is 17.2. The number of halogens is 1. The van der Waals surface area contributed by atoms with E-state index in [2.05, 4.69) is 77.6 Å². The van der Waals surface area contributed by atoms with Crippen molar-refractivity contribution >= 4 is 17.6 Å². The Morgan fingerprint density at radius 2 is 1.06 bits per heavy atom. The summed E-state index contributed by atoms with van der Waals surface area (Å²) in [5, 5.41) is -0.182. The molecule has 0 spiro atoms. The monoisotopic (exact) mass is 910 g/mol. The third-order valence-corrected chi connectivity index (χ3v) is 12.6. The average molecular weight is 912 g/mol. The van der Waals surface area contributed by atoms with E-state index in [-0.39, 0.29) is 17.3 Å². The standard InChI is InChI=1S/C27H31NO2.C19H21ClO2.C11H15NO2/c1-3-23-17-20(15-16-28-23)18-25(21-9-5-4-6-10-21)22-13-14-26(29-2)27(19-22)30-24-11-7-8-12-24;1-21-17-12-11-15(19(20)14-7-3-2-4-8-14)13-18(17)22-16-9-5-6-10-16;1-3-10-7-9(5-6-12-10)8-11(13)14-4-2/h4-6,9-10,13-17,19,24-25H,3,7-8,11-12,18H2,1-2H3;2-4,7-8,11-13,16,19H,5-6,9-10H2,1H3;5-7H,3-4,8H2,1-2H3/t25-;;/m1../s1. The zero-order valence-corrected chi connectivity index (χ0v) is 40.2. The number of benzene rings is 4. The predicted molar refractivity (Wildman–Crippen MR) is 265 cm³/mol. The Morgan fingerprint density at radius 3 is 1.58 bits per heavy atom. The van der Waals surface area contributed by atoms with Crippen LogP contribution in [0.5, 0.6) is 23.0 Å². The zero-order valence-electron chi connectivity index (χ0n) is 39.4. The van der Waals surface area contributed by atoms with Gasteiger partial charge in [-0.3, -0.25) is 14.8 Å². The Hall–Kier alpha value is -5.86. The number of hydrogen-bond donors (Lipinski definition) is 0. The first-order chi connectivity index (χ1) is 32.3. The van der Waals surface area contributed by atoms with E-state index in [1.165, 1.54) is 42.4 Å². The summed E-state index contributed by atoms with van der Waals surface area (Å²) >= 11 is 6.62. The van der Waals surface area contributed by atoms with Crippen LogP contribution in [0.3, 0.4) is 0 Å². The molecule has 0 N–H and O–H groups in total. The fraction of sp³-hybridized carbons (Fsp3) is 0.386. The van der Waals surface area contributed by atoms with Gasteiger partial charge in [0.25, 0.3) is 0 Å². The number of ether oxygens (including phenoxy) is 5. The zero-order chi connectivity index (χ0) is 46.5. The fourth-order valence-corrected chi connectivity index (χ4v) is 8.82. The predicted octanol–water partition coefficient (Wildman–Crippen LogP) is 13.4. The van der Waals surface area contributed by atoms with Crippen LogP contribution in [0.25, 0.3) is 0 Å². The van der Waals surface area contributed by atoms with E-state index in [1.54, 1.807) is 20.4 Å². The molecule has 2 fully saturated rings. The van der Waals surface area contributed by atoms with Crippen molar-refractivity contribution in [2.24, 2.45) is 0 Å². The van der Waals surface area contributed by atoms with E-state index in [4.69, 9.17) is 35.3 Å². The molecule has 8 nitrogen and oxygen atoms in total. The van der Waals surface area contributed by atoms with Crippen LogP contribution in [0, 0.1) is 0 Å². The molecule has 2 atom stereocenters. The normalized spacial score (nSPS) is 14.5. The van der Waals surface area contributed by atoms with E-state index in [0.717, 1.165) is 96.0 Å². The molecule has 8 rings (SSSR count). The van der Waals surface area contributed by atoms with E-state index in [0.29, 0.717) is 25.2 Å². The lowest BCUT2D eigenvalue weighted by Crippen LogP contribution is -2.12. The Bertz CT molecular complexity index is 2370. The molecule has 2 aliphatic carbocycles. The number of hydrogen-bond acceptors (Lipinski definition) is 8. The van der Waals surface area contributed by atoms with Crippen LogP contribution in [0.2, 0.25) is 0 Å². The number of nitrogens with zero attached hydrogens (tertiary/aromatic N) is 2. The van der Waals surface area contributed by atoms with Crippen LogP contribution in [-0.4, -0.2) is 49.0 Å². The highest BCUT2D eigenvalue weighted by Gasteiger charge is 2.23. The van der Waals surface area contributed by atoms with Gasteiger partial charge in [0.05, 0.1) is 44.8 Å². The molecule has 2 saturated carbocycles. The molecule has 0 radical (unpaired) electrons. The number of carbonyl (C=O) groups excluding carboxylic acids is 1. The van der Waals surface area contributed by atoms with Gasteiger partial charge in [-0.1, -0.05) is 86.6 Å². The van der Waals surface area contributed by atoms with Crippen molar-refractivity contribution in [3.8, 4) is 23.0 Å². The van der Waals surface area contributed by atoms with Gasteiger partial charge in [0.1, 0.15) is 0 Å². The SMILES string of the molecule is CCOC(=O)Cc1ccnc(CC)c1.CCc1cc(C[C@H](c2ccccc2)c2ccc(OC)c(OC3CCCC3)c2)ccn1.COc1ccc(C(Cl)c2ccccc2)cc1OC1CCCC1. The lowest BCUT2D eigenvalue weighted by molar-refractivity contribution is -0.142. The Balaban J connectivity index is 0.000000176. The summed E-state index contributed by atoms with van der Waals surface area (Å²) in [5.74, 6) is 3.32. The van der Waals surface area contributed by atoms with Gasteiger partial charge in [-0.05, 0) is 159 Å². The van der Waals surface area contributed by atoms with Gasteiger partial charge in [-0.2, -0.15) is 0 Å². The van der Waals surface area contributed by atoms with Crippen molar-refractivity contribution < 1.29 is 28.5 Å². The highest BCUT2D eigenvalue weighted by atomic mass is 35.5. The summed E-state index contributed by atoms with van der Waals surface area (Å²) in [6, 6.07) is 41.4. The number of methoxy groups -OCH3 is 2. The number of aryl methyl sites for hydroxylation is 2. The molecule has 6 aromatic rings. The summed E-state index contributed by atoms with van der Waals surface area (Å²) < 4.78 is 28.4. The second kappa shape index (κ2) is 26.3. The van der Waals surface area contributed by atoms with Crippen LogP contribution >= 0.6 is 11.6 Å². The number of pyridine rings is 2. The summed E-state index contributed by atoms with van der Waals surface area (Å²) in [6.45, 7) is 6.43. The molecule has 4 aromatic carbocycles. The maximum atomic E-state index is 11.2. The average Bonchev–Trinajstić information content (AvgIpc) is 4.09. The summed E-state index contributed by atoms with van der Waals surface area (Å²) in [5.41, 5.74) is 9.10. The van der Waals surface area contributed by atoms with Crippen LogP contribution in [0.1, 0.15) is 128 Å². The molecule has 1 unspecified atom stereocenters. The second-order valence-electron chi connectivity index (χ2n) is 16.8. The van der Waals surface area contributed by atoms with Crippen LogP contribution in [0.15, 0.2) is 134 Å². The van der Waals surface area contributed by atoms with Gasteiger partial charge in [0.15, 0.2) is 23.0 Å². The van der Waals surface area contributed by atoms with Gasteiger partial charge in [-0.25, -0.2) is 0 Å². The van der Waals surface area contributed by atoms with Gasteiger partial charge in [-0.15, -0.1) is 11.6 Å². The minimum atomic E-state index is -0.182. The first kappa shape index (κ1) is 49.6. The number of aromatic nitrogens is 2. The number of rotatable bonds is 17. The Labute approximate surface area is 398 Å². The molecule has 2 aliphatic rings. The minimum Gasteiger partial charge on any atom is -0.493 e. The quantitative estimate of drug-likeness (QED) is 0.0660. The first-order valence-corrected chi connectivity index (χ1v) is 24.2. The molecule has 2 heterocycles. The van der Waals surface area contributed by atoms with Crippen LogP contribution in [-0.2, 0) is 35.2 Å². The van der Waals surface area contributed by atoms with E-state index < -0.39 is 0 Å². The highest BCUT2D eigenvalue weighted by Crippen LogP contribution is 2.39. The molecule has 0 saturated heterocycles. The van der Waals surface area contributed by atoms with Crippen LogP contribution in [0.4, 0.5) is 0 Å². The highest BCUT2D eigenvalue weighted by molar-refractivity contribution is 6.22. The molecule has 66 heavy (non-hydrogen) atoms. The Kier molecular flexibility index (Phi) is 19.8. The maximum absolute atomic E-state index is 11.2. The van der Waals surface area contributed by atoms with Crippen LogP contribution < -0.4 is 18.9 Å². The molecule has 348 valence electrons. The third-order valence-electron chi connectivity index (χ3n) is 12.1. The number of carbonyl (C=O) groups is 1. The van der Waals surface area contributed by atoms with Crippen molar-refractivity contribution in [1.29, 1.82) is 0 Å². The fourth-order valence-electron chi connectivity index (χ4n) is 8.54. The minimum absolute atomic E-state index is 0.180. The maximum Gasteiger partial charge on any atom is 0.310 e. The van der Waals surface area contributed by atoms with Crippen molar-refractivity contribution in [2.75, 3.05) is 20.8 Å².